The zero-order valence-corrected chi connectivity index (χ0v) is 17.6. The molecule has 0 atom stereocenters. The fourth-order valence-corrected chi connectivity index (χ4v) is 3.36. The number of H-pyrrole nitrogens is 2. The number of aromatic nitrogens is 2. The van der Waals surface area contributed by atoms with E-state index in [9.17, 15) is 24.0 Å². The van der Waals surface area contributed by atoms with Crippen LogP contribution in [-0.2, 0) is 29.1 Å². The molecule has 0 aliphatic carbocycles. The molecule has 1 fully saturated rings. The number of urea groups is 1. The Bertz CT molecular complexity index is 1130. The predicted octanol–water partition coefficient (Wildman–Crippen LogP) is 0.451. The largest absolute Gasteiger partial charge is 0.352 e. The van der Waals surface area contributed by atoms with E-state index in [2.05, 4.69) is 20.6 Å². The number of carbonyl (C=O) groups is 3. The van der Waals surface area contributed by atoms with E-state index in [1.807, 2.05) is 12.1 Å². The van der Waals surface area contributed by atoms with Gasteiger partial charge in [0.25, 0.3) is 11.5 Å². The maximum atomic E-state index is 12.3. The van der Waals surface area contributed by atoms with Gasteiger partial charge in [-0.25, -0.2) is 9.59 Å². The topological polar surface area (TPSA) is 144 Å². The summed E-state index contributed by atoms with van der Waals surface area (Å²) in [6, 6.07) is 6.82. The first-order valence-electron chi connectivity index (χ1n) is 9.87. The van der Waals surface area contributed by atoms with Crippen LogP contribution in [-0.4, -0.2) is 38.3 Å². The van der Waals surface area contributed by atoms with Crippen molar-refractivity contribution >= 4 is 17.8 Å². The number of aryl methyl sites for hydroxylation is 1. The monoisotopic (exact) mass is 427 g/mol. The highest BCUT2D eigenvalue weighted by atomic mass is 16.2. The molecule has 164 valence electrons. The first kappa shape index (κ1) is 22.0. The maximum absolute atomic E-state index is 12.3. The minimum atomic E-state index is -0.903. The van der Waals surface area contributed by atoms with Crippen LogP contribution >= 0.6 is 0 Å². The van der Waals surface area contributed by atoms with Gasteiger partial charge >= 0.3 is 11.7 Å². The Labute approximate surface area is 178 Å². The third-order valence-electron chi connectivity index (χ3n) is 5.15. The van der Waals surface area contributed by atoms with E-state index < -0.39 is 22.8 Å². The van der Waals surface area contributed by atoms with Crippen molar-refractivity contribution in [3.63, 3.8) is 0 Å². The highest BCUT2D eigenvalue weighted by Crippen LogP contribution is 2.19. The average Bonchev–Trinajstić information content (AvgIpc) is 2.88. The van der Waals surface area contributed by atoms with Crippen LogP contribution in [0.4, 0.5) is 4.79 Å². The number of rotatable bonds is 7. The molecule has 0 bridgehead atoms. The van der Waals surface area contributed by atoms with Crippen LogP contribution < -0.4 is 21.9 Å². The smallest absolute Gasteiger partial charge is 0.325 e. The van der Waals surface area contributed by atoms with E-state index in [0.29, 0.717) is 17.8 Å². The van der Waals surface area contributed by atoms with Gasteiger partial charge in [-0.05, 0) is 38.3 Å². The number of benzene rings is 1. The minimum absolute atomic E-state index is 0.107. The van der Waals surface area contributed by atoms with Gasteiger partial charge in [0, 0.05) is 24.2 Å². The number of carbonyl (C=O) groups excluding carboxylic acids is 3. The van der Waals surface area contributed by atoms with Crippen molar-refractivity contribution in [2.75, 3.05) is 0 Å². The summed E-state index contributed by atoms with van der Waals surface area (Å²) < 4.78 is 0. The number of aromatic amines is 2. The highest BCUT2D eigenvalue weighted by Gasteiger charge is 2.43. The second-order valence-corrected chi connectivity index (χ2v) is 8.05. The summed E-state index contributed by atoms with van der Waals surface area (Å²) >= 11 is 0. The van der Waals surface area contributed by atoms with Crippen molar-refractivity contribution in [3.05, 3.63) is 67.5 Å². The van der Waals surface area contributed by atoms with Gasteiger partial charge in [0.1, 0.15) is 5.54 Å². The molecule has 2 aromatic rings. The van der Waals surface area contributed by atoms with Gasteiger partial charge < -0.3 is 15.6 Å². The summed E-state index contributed by atoms with van der Waals surface area (Å²) in [5, 5.41) is 5.43. The van der Waals surface area contributed by atoms with Crippen LogP contribution in [0, 0.1) is 6.92 Å². The molecule has 0 spiro atoms. The number of nitrogens with one attached hydrogen (secondary N) is 4. The van der Waals surface area contributed by atoms with Gasteiger partial charge in [0.15, 0.2) is 0 Å². The Kier molecular flexibility index (Phi) is 6.09. The van der Waals surface area contributed by atoms with Crippen molar-refractivity contribution < 1.29 is 14.4 Å². The Morgan fingerprint density at radius 3 is 2.26 bits per heavy atom. The minimum Gasteiger partial charge on any atom is -0.352 e. The molecule has 10 heteroatoms. The molecule has 4 amide bonds. The highest BCUT2D eigenvalue weighted by molar-refractivity contribution is 6.06. The molecule has 10 nitrogen and oxygen atoms in total. The van der Waals surface area contributed by atoms with E-state index in [4.69, 9.17) is 0 Å². The van der Waals surface area contributed by atoms with Crippen molar-refractivity contribution in [1.29, 1.82) is 0 Å². The fourth-order valence-electron chi connectivity index (χ4n) is 3.36. The Morgan fingerprint density at radius 1 is 1.03 bits per heavy atom. The molecule has 0 unspecified atom stereocenters. The molecule has 1 aromatic heterocycles. The van der Waals surface area contributed by atoms with Crippen LogP contribution in [0.25, 0.3) is 0 Å². The molecule has 1 saturated heterocycles. The predicted molar refractivity (Wildman–Crippen MR) is 112 cm³/mol. The summed E-state index contributed by atoms with van der Waals surface area (Å²) in [5.74, 6) is -0.499. The lowest BCUT2D eigenvalue weighted by molar-refractivity contribution is -0.130. The van der Waals surface area contributed by atoms with Gasteiger partial charge in [-0.3, -0.25) is 24.3 Å². The zero-order chi connectivity index (χ0) is 22.8. The first-order chi connectivity index (χ1) is 14.6. The number of nitrogens with zero attached hydrogens (tertiary/aromatic N) is 1. The molecule has 31 heavy (non-hydrogen) atoms. The number of imide groups is 1. The standard InChI is InChI=1S/C21H25N5O5/c1-12-15(17(28)24-19(30)23-12)8-9-16(27)22-10-13-4-6-14(7-5-13)11-26-18(29)21(2,3)25-20(26)31/h4-7H,8-11H2,1-3H3,(H,22,27)(H,25,31)(H2,23,24,28,30). The molecular weight excluding hydrogens is 402 g/mol. The quantitative estimate of drug-likeness (QED) is 0.474. The summed E-state index contributed by atoms with van der Waals surface area (Å²) in [4.78, 5) is 65.3. The van der Waals surface area contributed by atoms with Gasteiger partial charge in [-0.15, -0.1) is 0 Å². The van der Waals surface area contributed by atoms with E-state index in [1.165, 1.54) is 4.90 Å². The van der Waals surface area contributed by atoms with Crippen molar-refractivity contribution in [2.45, 2.75) is 52.2 Å². The van der Waals surface area contributed by atoms with Crippen molar-refractivity contribution in [2.24, 2.45) is 0 Å². The van der Waals surface area contributed by atoms with E-state index >= 15 is 0 Å². The van der Waals surface area contributed by atoms with Crippen molar-refractivity contribution in [3.8, 4) is 0 Å². The second-order valence-electron chi connectivity index (χ2n) is 8.05. The van der Waals surface area contributed by atoms with E-state index in [0.717, 1.165) is 11.1 Å². The fraction of sp³-hybridized carbons (Fsp3) is 0.381. The number of hydrogen-bond donors (Lipinski definition) is 4. The van der Waals surface area contributed by atoms with Gasteiger partial charge in [0.2, 0.25) is 5.91 Å². The Morgan fingerprint density at radius 2 is 1.68 bits per heavy atom. The van der Waals surface area contributed by atoms with Crippen LogP contribution in [0.2, 0.25) is 0 Å². The molecule has 1 aliphatic heterocycles. The van der Waals surface area contributed by atoms with Crippen LogP contribution in [0.5, 0.6) is 0 Å². The van der Waals surface area contributed by atoms with E-state index in [1.54, 1.807) is 32.9 Å². The second kappa shape index (κ2) is 8.58. The van der Waals surface area contributed by atoms with E-state index in [-0.39, 0.29) is 31.2 Å². The maximum Gasteiger partial charge on any atom is 0.325 e. The Hall–Kier alpha value is -3.69. The lowest BCUT2D eigenvalue weighted by atomic mass is 10.1. The summed E-state index contributed by atoms with van der Waals surface area (Å²) in [7, 11) is 0. The van der Waals surface area contributed by atoms with Gasteiger partial charge in [-0.1, -0.05) is 24.3 Å². The summed E-state index contributed by atoms with van der Waals surface area (Å²) in [5.41, 5.74) is 0.515. The number of amides is 4. The Balaban J connectivity index is 1.51. The van der Waals surface area contributed by atoms with Gasteiger partial charge in [-0.2, -0.15) is 0 Å². The molecule has 0 saturated carbocycles. The first-order valence-corrected chi connectivity index (χ1v) is 9.87. The lowest BCUT2D eigenvalue weighted by Gasteiger charge is -2.16. The molecule has 0 radical (unpaired) electrons. The molecular formula is C21H25N5O5. The summed E-state index contributed by atoms with van der Waals surface area (Å²) in [6.45, 7) is 5.41. The third kappa shape index (κ3) is 5.08. The average molecular weight is 427 g/mol. The number of hydrogen-bond acceptors (Lipinski definition) is 5. The molecule has 1 aliphatic rings. The van der Waals surface area contributed by atoms with Crippen LogP contribution in [0.15, 0.2) is 33.9 Å². The zero-order valence-electron chi connectivity index (χ0n) is 17.6. The summed E-state index contributed by atoms with van der Waals surface area (Å²) in [6.07, 6.45) is 0.320. The van der Waals surface area contributed by atoms with Gasteiger partial charge in [0.05, 0.1) is 6.54 Å². The normalized spacial score (nSPS) is 15.1. The molecule has 4 N–H and O–H groups in total. The van der Waals surface area contributed by atoms with Crippen molar-refractivity contribution in [1.82, 2.24) is 25.5 Å². The molecule has 1 aromatic carbocycles. The SMILES string of the molecule is Cc1[nH]c(=O)[nH]c(=O)c1CCC(=O)NCc1ccc(CN2C(=O)NC(C)(C)C2=O)cc1. The third-order valence-corrected chi connectivity index (χ3v) is 5.15. The lowest BCUT2D eigenvalue weighted by Crippen LogP contribution is -2.40. The van der Waals surface area contributed by atoms with Crippen LogP contribution in [0.1, 0.15) is 42.7 Å². The van der Waals surface area contributed by atoms with Crippen LogP contribution in [0.3, 0.4) is 0 Å². The molecule has 3 rings (SSSR count). The molecule has 2 heterocycles.